The first kappa shape index (κ1) is 8.62. The third-order valence-electron chi connectivity index (χ3n) is 1.91. The van der Waals surface area contributed by atoms with E-state index in [-0.39, 0.29) is 5.75 Å². The van der Waals surface area contributed by atoms with Gasteiger partial charge in [0.25, 0.3) is 0 Å². The molecule has 0 aliphatic carbocycles. The molecule has 0 aliphatic rings. The summed E-state index contributed by atoms with van der Waals surface area (Å²) in [5.41, 5.74) is 0.521. The van der Waals surface area contributed by atoms with Crippen LogP contribution in [0, 0.1) is 0 Å². The molecule has 4 nitrogen and oxygen atoms in total. The summed E-state index contributed by atoms with van der Waals surface area (Å²) in [6.07, 6.45) is 1.52. The van der Waals surface area contributed by atoms with Gasteiger partial charge in [0.05, 0.1) is 13.3 Å². The fourth-order valence-corrected chi connectivity index (χ4v) is 1.28. The Morgan fingerprint density at radius 2 is 2.21 bits per heavy atom. The second kappa shape index (κ2) is 3.41. The zero-order valence-corrected chi connectivity index (χ0v) is 7.60. The highest BCUT2D eigenvalue weighted by Gasteiger charge is 2.13. The largest absolute Gasteiger partial charge is 0.507 e. The number of aromatic nitrogens is 1. The molecule has 0 saturated carbocycles. The van der Waals surface area contributed by atoms with Crippen LogP contribution in [0.5, 0.6) is 11.5 Å². The summed E-state index contributed by atoms with van der Waals surface area (Å²) in [4.78, 5) is 0. The summed E-state index contributed by atoms with van der Waals surface area (Å²) in [5, 5.41) is 13.2. The summed E-state index contributed by atoms with van der Waals surface area (Å²) in [5.74, 6) is 1.16. The lowest BCUT2D eigenvalue weighted by Crippen LogP contribution is -1.86. The van der Waals surface area contributed by atoms with Gasteiger partial charge in [-0.3, -0.25) is 0 Å². The maximum atomic E-state index is 9.63. The van der Waals surface area contributed by atoms with Crippen LogP contribution in [0.25, 0.3) is 11.3 Å². The standard InChI is InChI=1S/C10H9NO3/c1-13-8-4-2-3-7(12)10(8)9-5-6-11-14-9/h2-6,12H,1H3. The normalized spacial score (nSPS) is 10.1. The SMILES string of the molecule is COc1cccc(O)c1-c1ccno1. The number of phenolic OH excluding ortho intramolecular Hbond substituents is 1. The average molecular weight is 191 g/mol. The molecule has 0 fully saturated rings. The van der Waals surface area contributed by atoms with E-state index in [9.17, 15) is 5.11 Å². The number of benzene rings is 1. The predicted octanol–water partition coefficient (Wildman–Crippen LogP) is 2.06. The van der Waals surface area contributed by atoms with Gasteiger partial charge in [0, 0.05) is 6.07 Å². The lowest BCUT2D eigenvalue weighted by atomic mass is 10.1. The first-order valence-electron chi connectivity index (χ1n) is 4.10. The van der Waals surface area contributed by atoms with Crippen molar-refractivity contribution in [1.82, 2.24) is 5.16 Å². The first-order valence-corrected chi connectivity index (χ1v) is 4.10. The monoisotopic (exact) mass is 191 g/mol. The highest BCUT2D eigenvalue weighted by Crippen LogP contribution is 2.36. The van der Waals surface area contributed by atoms with Crippen molar-refractivity contribution in [2.75, 3.05) is 7.11 Å². The molecule has 1 aromatic heterocycles. The lowest BCUT2D eigenvalue weighted by Gasteiger charge is -2.06. The maximum absolute atomic E-state index is 9.63. The van der Waals surface area contributed by atoms with E-state index in [1.54, 1.807) is 24.3 Å². The minimum atomic E-state index is 0.112. The summed E-state index contributed by atoms with van der Waals surface area (Å²) >= 11 is 0. The van der Waals surface area contributed by atoms with Crippen LogP contribution in [0.3, 0.4) is 0 Å². The molecule has 0 unspecified atom stereocenters. The second-order valence-corrected chi connectivity index (χ2v) is 2.73. The molecule has 0 aliphatic heterocycles. The Bertz CT molecular complexity index is 423. The molecule has 1 N–H and O–H groups in total. The fraction of sp³-hybridized carbons (Fsp3) is 0.100. The van der Waals surface area contributed by atoms with Crippen LogP contribution in [-0.2, 0) is 0 Å². The summed E-state index contributed by atoms with van der Waals surface area (Å²) in [6.45, 7) is 0. The third kappa shape index (κ3) is 1.31. The molecular weight excluding hydrogens is 182 g/mol. The Labute approximate surface area is 80.7 Å². The van der Waals surface area contributed by atoms with E-state index in [2.05, 4.69) is 5.16 Å². The topological polar surface area (TPSA) is 55.5 Å². The smallest absolute Gasteiger partial charge is 0.174 e. The number of ether oxygens (including phenoxy) is 1. The van der Waals surface area contributed by atoms with E-state index >= 15 is 0 Å². The van der Waals surface area contributed by atoms with Gasteiger partial charge >= 0.3 is 0 Å². The van der Waals surface area contributed by atoms with Crippen LogP contribution in [-0.4, -0.2) is 17.4 Å². The van der Waals surface area contributed by atoms with E-state index in [0.29, 0.717) is 17.1 Å². The number of aromatic hydroxyl groups is 1. The summed E-state index contributed by atoms with van der Waals surface area (Å²) in [7, 11) is 1.54. The molecule has 0 bridgehead atoms. The van der Waals surface area contributed by atoms with E-state index < -0.39 is 0 Å². The zero-order chi connectivity index (χ0) is 9.97. The second-order valence-electron chi connectivity index (χ2n) is 2.73. The third-order valence-corrected chi connectivity index (χ3v) is 1.91. The van der Waals surface area contributed by atoms with Gasteiger partial charge in [0.1, 0.15) is 17.1 Å². The van der Waals surface area contributed by atoms with Crippen LogP contribution in [0.15, 0.2) is 35.0 Å². The van der Waals surface area contributed by atoms with Crippen molar-refractivity contribution in [1.29, 1.82) is 0 Å². The number of methoxy groups -OCH3 is 1. The molecule has 14 heavy (non-hydrogen) atoms. The Hall–Kier alpha value is -1.97. The molecule has 1 heterocycles. The highest BCUT2D eigenvalue weighted by molar-refractivity contribution is 5.72. The molecule has 0 saturated heterocycles. The van der Waals surface area contributed by atoms with Crippen LogP contribution in [0.1, 0.15) is 0 Å². The minimum absolute atomic E-state index is 0.112. The molecule has 4 heteroatoms. The molecule has 72 valence electrons. The van der Waals surface area contributed by atoms with Crippen LogP contribution in [0.4, 0.5) is 0 Å². The first-order chi connectivity index (χ1) is 6.83. The van der Waals surface area contributed by atoms with Crippen LogP contribution in [0.2, 0.25) is 0 Å². The summed E-state index contributed by atoms with van der Waals surface area (Å²) in [6, 6.07) is 6.68. The van der Waals surface area contributed by atoms with Gasteiger partial charge in [-0.05, 0) is 12.1 Å². The molecule has 0 atom stereocenters. The van der Waals surface area contributed by atoms with E-state index in [4.69, 9.17) is 9.26 Å². The Morgan fingerprint density at radius 3 is 2.86 bits per heavy atom. The van der Waals surface area contributed by atoms with Gasteiger partial charge in [-0.15, -0.1) is 0 Å². The van der Waals surface area contributed by atoms with Crippen molar-refractivity contribution in [3.8, 4) is 22.8 Å². The molecule has 2 aromatic rings. The number of nitrogens with zero attached hydrogens (tertiary/aromatic N) is 1. The molecular formula is C10H9NO3. The van der Waals surface area contributed by atoms with Crippen LogP contribution < -0.4 is 4.74 Å². The number of rotatable bonds is 2. The van der Waals surface area contributed by atoms with Crippen molar-refractivity contribution in [3.63, 3.8) is 0 Å². The van der Waals surface area contributed by atoms with Gasteiger partial charge in [0.2, 0.25) is 0 Å². The maximum Gasteiger partial charge on any atom is 0.174 e. The van der Waals surface area contributed by atoms with E-state index in [0.717, 1.165) is 0 Å². The Morgan fingerprint density at radius 1 is 1.36 bits per heavy atom. The van der Waals surface area contributed by atoms with Crippen molar-refractivity contribution < 1.29 is 14.4 Å². The van der Waals surface area contributed by atoms with Gasteiger partial charge in [0.15, 0.2) is 5.76 Å². The van der Waals surface area contributed by atoms with E-state index in [1.165, 1.54) is 13.3 Å². The number of phenols is 1. The number of hydrogen-bond donors (Lipinski definition) is 1. The van der Waals surface area contributed by atoms with Gasteiger partial charge < -0.3 is 14.4 Å². The summed E-state index contributed by atoms with van der Waals surface area (Å²) < 4.78 is 10.1. The molecule has 1 aromatic carbocycles. The Balaban J connectivity index is 2.61. The highest BCUT2D eigenvalue weighted by atomic mass is 16.5. The van der Waals surface area contributed by atoms with Crippen LogP contribution >= 0.6 is 0 Å². The number of hydrogen-bond acceptors (Lipinski definition) is 4. The van der Waals surface area contributed by atoms with Crippen molar-refractivity contribution in [2.24, 2.45) is 0 Å². The molecule has 0 spiro atoms. The predicted molar refractivity (Wildman–Crippen MR) is 50.2 cm³/mol. The Kier molecular flexibility index (Phi) is 2.10. The van der Waals surface area contributed by atoms with E-state index in [1.807, 2.05) is 0 Å². The van der Waals surface area contributed by atoms with Crippen molar-refractivity contribution in [2.45, 2.75) is 0 Å². The minimum Gasteiger partial charge on any atom is -0.507 e. The molecule has 0 amide bonds. The van der Waals surface area contributed by atoms with Crippen molar-refractivity contribution >= 4 is 0 Å². The van der Waals surface area contributed by atoms with Crippen molar-refractivity contribution in [3.05, 3.63) is 30.5 Å². The molecule has 2 rings (SSSR count). The van der Waals surface area contributed by atoms with Gasteiger partial charge in [-0.25, -0.2) is 0 Å². The molecule has 0 radical (unpaired) electrons. The van der Waals surface area contributed by atoms with Gasteiger partial charge in [-0.1, -0.05) is 11.2 Å². The lowest BCUT2D eigenvalue weighted by molar-refractivity contribution is 0.398. The average Bonchev–Trinajstić information content (AvgIpc) is 2.70. The quantitative estimate of drug-likeness (QED) is 0.789. The van der Waals surface area contributed by atoms with Gasteiger partial charge in [-0.2, -0.15) is 0 Å². The fourth-order valence-electron chi connectivity index (χ4n) is 1.28. The zero-order valence-electron chi connectivity index (χ0n) is 7.60.